The molecule has 29 heavy (non-hydrogen) atoms. The van der Waals surface area contributed by atoms with Crippen molar-refractivity contribution in [1.29, 1.82) is 0 Å². The summed E-state index contributed by atoms with van der Waals surface area (Å²) in [5, 5.41) is 9.48. The summed E-state index contributed by atoms with van der Waals surface area (Å²) in [6.45, 7) is 2.36. The van der Waals surface area contributed by atoms with Crippen LogP contribution in [0, 0.1) is 6.92 Å². The largest absolute Gasteiger partial charge is 0.364 e. The first kappa shape index (κ1) is 18.5. The summed E-state index contributed by atoms with van der Waals surface area (Å²) in [6, 6.07) is 3.54. The highest BCUT2D eigenvalue weighted by Crippen LogP contribution is 2.29. The Kier molecular flexibility index (Phi) is 4.45. The number of amides is 1. The molecule has 4 rings (SSSR count). The second-order valence-electron chi connectivity index (χ2n) is 6.83. The number of primary amides is 1. The maximum absolute atomic E-state index is 11.8. The van der Waals surface area contributed by atoms with E-state index in [1.54, 1.807) is 28.7 Å². The van der Waals surface area contributed by atoms with Crippen LogP contribution in [0.25, 0.3) is 33.8 Å². The fraction of sp³-hybridized carbons (Fsp3) is 0.263. The lowest BCUT2D eigenvalue weighted by Gasteiger charge is -2.05. The third kappa shape index (κ3) is 3.18. The number of rotatable bonds is 6. The molecular weight excluding hydrogens is 372 g/mol. The van der Waals surface area contributed by atoms with E-state index in [2.05, 4.69) is 15.2 Å². The van der Waals surface area contributed by atoms with Crippen molar-refractivity contribution in [1.82, 2.24) is 34.1 Å². The zero-order chi connectivity index (χ0) is 20.7. The normalized spacial score (nSPS) is 11.3. The topological polar surface area (TPSA) is 127 Å². The minimum Gasteiger partial charge on any atom is -0.364 e. The van der Waals surface area contributed by atoms with Gasteiger partial charge in [-0.25, -0.2) is 9.97 Å². The number of pyridine rings is 1. The number of hydrogen-bond donors (Lipinski definition) is 1. The molecule has 0 radical (unpaired) electrons. The van der Waals surface area contributed by atoms with Crippen molar-refractivity contribution in [3.63, 3.8) is 0 Å². The van der Waals surface area contributed by atoms with Crippen LogP contribution >= 0.6 is 0 Å². The average molecular weight is 392 g/mol. The van der Waals surface area contributed by atoms with E-state index >= 15 is 0 Å². The summed E-state index contributed by atoms with van der Waals surface area (Å²) < 4.78 is 5.26. The van der Waals surface area contributed by atoms with Crippen LogP contribution in [0.5, 0.6) is 0 Å². The maximum atomic E-state index is 11.8. The Labute approximate surface area is 166 Å². The summed E-state index contributed by atoms with van der Waals surface area (Å²) in [5.41, 5.74) is 9.21. The summed E-state index contributed by atoms with van der Waals surface area (Å²) in [4.78, 5) is 31.8. The minimum atomic E-state index is -0.619. The average Bonchev–Trinajstić information content (AvgIpc) is 3.36. The van der Waals surface area contributed by atoms with Crippen LogP contribution in [-0.2, 0) is 25.4 Å². The predicted octanol–water partition coefficient (Wildman–Crippen LogP) is 1.23. The number of hydrogen-bond acceptors (Lipinski definition) is 6. The summed E-state index contributed by atoms with van der Waals surface area (Å²) in [6.07, 6.45) is 4.79. The van der Waals surface area contributed by atoms with Crippen LogP contribution in [0.4, 0.5) is 0 Å². The van der Waals surface area contributed by atoms with E-state index in [1.807, 2.05) is 30.8 Å². The molecule has 0 unspecified atom stereocenters. The van der Waals surface area contributed by atoms with E-state index in [-0.39, 0.29) is 5.69 Å². The van der Waals surface area contributed by atoms with Crippen molar-refractivity contribution in [3.05, 3.63) is 35.9 Å². The molecule has 0 bridgehead atoms. The van der Waals surface area contributed by atoms with Gasteiger partial charge in [-0.1, -0.05) is 0 Å². The molecule has 0 aromatic carbocycles. The fourth-order valence-corrected chi connectivity index (χ4v) is 3.35. The van der Waals surface area contributed by atoms with E-state index < -0.39 is 5.91 Å². The van der Waals surface area contributed by atoms with Crippen LogP contribution < -0.4 is 5.73 Å². The quantitative estimate of drug-likeness (QED) is 0.492. The highest BCUT2D eigenvalue weighted by molar-refractivity contribution is 5.99. The van der Waals surface area contributed by atoms with E-state index in [1.165, 1.54) is 0 Å². The molecule has 0 aliphatic heterocycles. The molecule has 0 fully saturated rings. The van der Waals surface area contributed by atoms with Crippen LogP contribution in [0.15, 0.2) is 24.5 Å². The Morgan fingerprint density at radius 2 is 2.03 bits per heavy atom. The van der Waals surface area contributed by atoms with Gasteiger partial charge in [0, 0.05) is 38.6 Å². The van der Waals surface area contributed by atoms with Gasteiger partial charge in [0.15, 0.2) is 5.82 Å². The van der Waals surface area contributed by atoms with Gasteiger partial charge in [-0.05, 0) is 19.1 Å². The van der Waals surface area contributed by atoms with Gasteiger partial charge >= 0.3 is 0 Å². The van der Waals surface area contributed by atoms with Crippen LogP contribution in [0.3, 0.4) is 0 Å². The molecule has 4 aromatic rings. The number of nitrogens with zero attached hydrogens (tertiary/aromatic N) is 7. The van der Waals surface area contributed by atoms with Crippen molar-refractivity contribution < 1.29 is 9.59 Å². The molecule has 0 saturated heterocycles. The summed E-state index contributed by atoms with van der Waals surface area (Å²) in [5.74, 6) is -0.0479. The number of carbonyl (C=O) groups excluding carboxylic acids is 2. The highest BCUT2D eigenvalue weighted by atomic mass is 16.1. The van der Waals surface area contributed by atoms with Crippen LogP contribution in [0.2, 0.25) is 0 Å². The minimum absolute atomic E-state index is 0.146. The molecule has 0 spiro atoms. The first-order valence-electron chi connectivity index (χ1n) is 9.03. The molecule has 10 heteroatoms. The molecule has 4 heterocycles. The third-order valence-electron chi connectivity index (χ3n) is 4.71. The molecule has 2 N–H and O–H groups in total. The molecule has 4 aromatic heterocycles. The van der Waals surface area contributed by atoms with Crippen LogP contribution in [-0.4, -0.2) is 46.3 Å². The number of imidazole rings is 1. The van der Waals surface area contributed by atoms with E-state index in [4.69, 9.17) is 10.7 Å². The number of carbonyl (C=O) groups is 2. The predicted molar refractivity (Wildman–Crippen MR) is 106 cm³/mol. The second kappa shape index (κ2) is 6.97. The Balaban J connectivity index is 1.88. The summed E-state index contributed by atoms with van der Waals surface area (Å²) in [7, 11) is 3.64. The Bertz CT molecular complexity index is 1250. The molecular formula is C19H20N8O2. The number of aromatic nitrogens is 7. The van der Waals surface area contributed by atoms with Gasteiger partial charge in [0.25, 0.3) is 5.91 Å². The van der Waals surface area contributed by atoms with E-state index in [0.29, 0.717) is 30.2 Å². The van der Waals surface area contributed by atoms with Gasteiger partial charge in [0.2, 0.25) is 0 Å². The fourth-order valence-electron chi connectivity index (χ4n) is 3.35. The van der Waals surface area contributed by atoms with Crippen molar-refractivity contribution in [2.24, 2.45) is 19.8 Å². The molecule has 0 aliphatic carbocycles. The molecule has 10 nitrogen and oxygen atoms in total. The van der Waals surface area contributed by atoms with Gasteiger partial charge in [-0.2, -0.15) is 10.2 Å². The molecule has 0 aliphatic rings. The molecule has 0 atom stereocenters. The van der Waals surface area contributed by atoms with E-state index in [9.17, 15) is 9.59 Å². The first-order chi connectivity index (χ1) is 13.9. The van der Waals surface area contributed by atoms with Crippen molar-refractivity contribution in [3.8, 4) is 22.9 Å². The van der Waals surface area contributed by atoms with Gasteiger partial charge in [0.05, 0.1) is 23.1 Å². The van der Waals surface area contributed by atoms with Crippen LogP contribution in [0.1, 0.15) is 22.6 Å². The number of fused-ring (bicyclic) bond motifs is 1. The molecule has 1 amide bonds. The number of aldehydes is 1. The zero-order valence-electron chi connectivity index (χ0n) is 16.3. The van der Waals surface area contributed by atoms with Gasteiger partial charge < -0.3 is 15.1 Å². The lowest BCUT2D eigenvalue weighted by atomic mass is 10.2. The Hall–Kier alpha value is -3.82. The number of nitrogens with two attached hydrogens (primary N) is 1. The first-order valence-corrected chi connectivity index (χ1v) is 9.03. The monoisotopic (exact) mass is 392 g/mol. The standard InChI is InChI=1S/C19H20N8O2/c1-11-7-16(27(24-11)5-4-6-28)14-10-25(2)19(23-14)17-12-9-21-26(3)15(12)8-13(22-17)18(20)29/h6-10H,4-5H2,1-3H3,(H2,20,29). The Morgan fingerprint density at radius 3 is 2.76 bits per heavy atom. The third-order valence-corrected chi connectivity index (χ3v) is 4.71. The number of aryl methyl sites for hydroxylation is 4. The van der Waals surface area contributed by atoms with Crippen molar-refractivity contribution in [2.75, 3.05) is 0 Å². The lowest BCUT2D eigenvalue weighted by molar-refractivity contribution is -0.108. The smallest absolute Gasteiger partial charge is 0.267 e. The molecule has 0 saturated carbocycles. The maximum Gasteiger partial charge on any atom is 0.267 e. The van der Waals surface area contributed by atoms with E-state index in [0.717, 1.165) is 28.6 Å². The van der Waals surface area contributed by atoms with Gasteiger partial charge in [-0.3, -0.25) is 14.2 Å². The Morgan fingerprint density at radius 1 is 1.24 bits per heavy atom. The van der Waals surface area contributed by atoms with Crippen molar-refractivity contribution in [2.45, 2.75) is 19.9 Å². The van der Waals surface area contributed by atoms with Gasteiger partial charge in [0.1, 0.15) is 23.4 Å². The van der Waals surface area contributed by atoms with Crippen molar-refractivity contribution >= 4 is 23.1 Å². The van der Waals surface area contributed by atoms with Gasteiger partial charge in [-0.15, -0.1) is 0 Å². The lowest BCUT2D eigenvalue weighted by Crippen LogP contribution is -2.14. The second-order valence-corrected chi connectivity index (χ2v) is 6.83. The molecule has 148 valence electrons. The zero-order valence-corrected chi connectivity index (χ0v) is 16.3. The highest BCUT2D eigenvalue weighted by Gasteiger charge is 2.20. The SMILES string of the molecule is Cc1cc(-c2cn(C)c(-c3nc(C(N)=O)cc4c3cnn4C)n2)n(CCC=O)n1. The summed E-state index contributed by atoms with van der Waals surface area (Å²) >= 11 is 0.